The summed E-state index contributed by atoms with van der Waals surface area (Å²) in [7, 11) is 1.82. The number of rotatable bonds is 17. The van der Waals surface area contributed by atoms with Crippen molar-refractivity contribution in [2.75, 3.05) is 0 Å². The van der Waals surface area contributed by atoms with Gasteiger partial charge >= 0.3 is 18.0 Å². The van der Waals surface area contributed by atoms with Crippen molar-refractivity contribution in [2.45, 2.75) is 44.7 Å². The topological polar surface area (TPSA) is 191 Å². The monoisotopic (exact) mass is 870 g/mol. The first-order valence-electron chi connectivity index (χ1n) is 20.8. The van der Waals surface area contributed by atoms with Gasteiger partial charge < -0.3 is 29.4 Å². The lowest BCUT2D eigenvalue weighted by atomic mass is 10.0. The third-order valence-electron chi connectivity index (χ3n) is 10.4. The molecular formula is C51H46N6O8. The Hall–Kier alpha value is -8.39. The maximum Gasteiger partial charge on any atom is 0.413 e. The summed E-state index contributed by atoms with van der Waals surface area (Å²) in [6.07, 6.45) is -1.20. The molecule has 2 atom stereocenters. The highest BCUT2D eigenvalue weighted by Gasteiger charge is 2.31. The normalized spacial score (nSPS) is 11.7. The maximum absolute atomic E-state index is 14.1. The number of nitrogens with one attached hydrogen (secondary N) is 4. The molecule has 0 spiro atoms. The second-order valence-electron chi connectivity index (χ2n) is 15.1. The van der Waals surface area contributed by atoms with Crippen molar-refractivity contribution in [3.05, 3.63) is 197 Å². The lowest BCUT2D eigenvalue weighted by molar-refractivity contribution is -0.149. The molecule has 0 saturated heterocycles. The van der Waals surface area contributed by atoms with Crippen LogP contribution in [0.25, 0.3) is 22.4 Å². The Morgan fingerprint density at radius 3 is 1.71 bits per heavy atom. The van der Waals surface area contributed by atoms with Crippen LogP contribution in [0.5, 0.6) is 0 Å². The van der Waals surface area contributed by atoms with Crippen LogP contribution in [0.2, 0.25) is 0 Å². The Labute approximate surface area is 375 Å². The molecule has 7 aromatic rings. The predicted molar refractivity (Wildman–Crippen MR) is 243 cm³/mol. The number of ether oxygens (including phenoxy) is 3. The molecular weight excluding hydrogens is 825 g/mol. The average Bonchev–Trinajstić information content (AvgIpc) is 3.67. The summed E-state index contributed by atoms with van der Waals surface area (Å²) in [5, 5.41) is 16.3. The van der Waals surface area contributed by atoms with Gasteiger partial charge in [0.05, 0.1) is 17.5 Å². The zero-order valence-electron chi connectivity index (χ0n) is 35.4. The Morgan fingerprint density at radius 1 is 0.600 bits per heavy atom. The van der Waals surface area contributed by atoms with E-state index in [9.17, 15) is 24.0 Å². The van der Waals surface area contributed by atoms with Crippen LogP contribution < -0.4 is 16.0 Å². The molecule has 2 unspecified atom stereocenters. The second-order valence-corrected chi connectivity index (χ2v) is 15.1. The third kappa shape index (κ3) is 12.4. The highest BCUT2D eigenvalue weighted by atomic mass is 16.5. The van der Waals surface area contributed by atoms with Gasteiger partial charge in [-0.1, -0.05) is 146 Å². The van der Waals surface area contributed by atoms with Crippen LogP contribution >= 0.6 is 0 Å². The summed E-state index contributed by atoms with van der Waals surface area (Å²) in [6, 6.07) is 45.6. The van der Waals surface area contributed by atoms with Crippen molar-refractivity contribution in [3.8, 4) is 11.4 Å². The number of hydrogen-bond acceptors (Lipinski definition) is 10. The van der Waals surface area contributed by atoms with Crippen molar-refractivity contribution < 1.29 is 38.2 Å². The fourth-order valence-electron chi connectivity index (χ4n) is 6.88. The number of hydrogen-bond donors (Lipinski definition) is 4. The van der Waals surface area contributed by atoms with E-state index in [0.29, 0.717) is 28.0 Å². The summed E-state index contributed by atoms with van der Waals surface area (Å²) in [5.41, 5.74) is 5.56. The number of amides is 3. The van der Waals surface area contributed by atoms with Gasteiger partial charge in [0, 0.05) is 30.2 Å². The number of alkyl carbamates (subject to hydrolysis) is 1. The minimum atomic E-state index is -1.45. The second kappa shape index (κ2) is 21.6. The minimum Gasteiger partial charge on any atom is -0.461 e. The Morgan fingerprint density at radius 2 is 1.12 bits per heavy atom. The van der Waals surface area contributed by atoms with Crippen LogP contribution in [0.3, 0.4) is 0 Å². The molecule has 328 valence electrons. The van der Waals surface area contributed by atoms with Crippen LogP contribution in [-0.4, -0.2) is 57.3 Å². The Kier molecular flexibility index (Phi) is 14.8. The summed E-state index contributed by atoms with van der Waals surface area (Å²) in [4.78, 5) is 72.0. The van der Waals surface area contributed by atoms with Crippen molar-refractivity contribution >= 4 is 46.7 Å². The number of fused-ring (bicyclic) bond motifs is 1. The molecule has 0 aliphatic rings. The van der Waals surface area contributed by atoms with Crippen molar-refractivity contribution in [1.29, 1.82) is 5.41 Å². The van der Waals surface area contributed by atoms with Crippen LogP contribution in [0.1, 0.15) is 44.6 Å². The molecule has 0 fully saturated rings. The van der Waals surface area contributed by atoms with Gasteiger partial charge in [0.1, 0.15) is 43.6 Å². The molecule has 65 heavy (non-hydrogen) atoms. The van der Waals surface area contributed by atoms with Gasteiger partial charge in [0.2, 0.25) is 5.91 Å². The first-order chi connectivity index (χ1) is 31.6. The van der Waals surface area contributed by atoms with Crippen molar-refractivity contribution in [1.82, 2.24) is 25.5 Å². The first kappa shape index (κ1) is 44.7. The quantitative estimate of drug-likeness (QED) is 0.0318. The van der Waals surface area contributed by atoms with Gasteiger partial charge in [0.15, 0.2) is 0 Å². The van der Waals surface area contributed by atoms with E-state index in [4.69, 9.17) is 24.6 Å². The molecule has 0 saturated carbocycles. The lowest BCUT2D eigenvalue weighted by Crippen LogP contribution is -2.53. The minimum absolute atomic E-state index is 0.0219. The van der Waals surface area contributed by atoms with Crippen molar-refractivity contribution in [3.63, 3.8) is 0 Å². The Balaban J connectivity index is 1.06. The molecule has 7 rings (SSSR count). The first-order valence-corrected chi connectivity index (χ1v) is 20.8. The average molecular weight is 871 g/mol. The molecule has 0 radical (unpaired) electrons. The van der Waals surface area contributed by atoms with Crippen molar-refractivity contribution in [2.24, 2.45) is 7.05 Å². The van der Waals surface area contributed by atoms with E-state index < -0.39 is 48.4 Å². The Bertz CT molecular complexity index is 2760. The van der Waals surface area contributed by atoms with Gasteiger partial charge in [-0.05, 0) is 40.5 Å². The summed E-state index contributed by atoms with van der Waals surface area (Å²) in [5.74, 6) is -2.47. The number of amidine groups is 1. The molecule has 0 aliphatic carbocycles. The van der Waals surface area contributed by atoms with Crippen LogP contribution in [0.15, 0.2) is 164 Å². The molecule has 1 heterocycles. The highest BCUT2D eigenvalue weighted by molar-refractivity contribution is 6.05. The summed E-state index contributed by atoms with van der Waals surface area (Å²) >= 11 is 0. The van der Waals surface area contributed by atoms with Gasteiger partial charge in [-0.25, -0.2) is 14.6 Å². The number of aryl methyl sites for hydroxylation is 1. The molecule has 14 heteroatoms. The molecule has 14 nitrogen and oxygen atoms in total. The fourth-order valence-corrected chi connectivity index (χ4v) is 6.88. The van der Waals surface area contributed by atoms with E-state index in [1.165, 1.54) is 0 Å². The summed E-state index contributed by atoms with van der Waals surface area (Å²) in [6.45, 7) is -0.000758. The van der Waals surface area contributed by atoms with Gasteiger partial charge in [-0.15, -0.1) is 0 Å². The van der Waals surface area contributed by atoms with E-state index in [-0.39, 0.29) is 37.6 Å². The number of carbonyl (C=O) groups is 5. The predicted octanol–water partition coefficient (Wildman–Crippen LogP) is 7.19. The summed E-state index contributed by atoms with van der Waals surface area (Å²) < 4.78 is 18.2. The molecule has 3 amide bonds. The van der Waals surface area contributed by atoms with Gasteiger partial charge in [-0.3, -0.25) is 25.1 Å². The number of carbonyl (C=O) groups excluding carboxylic acids is 5. The van der Waals surface area contributed by atoms with Crippen LogP contribution in [0.4, 0.5) is 4.79 Å². The number of nitrogens with zero attached hydrogens (tertiary/aromatic N) is 2. The molecule has 1 aromatic heterocycles. The zero-order chi connectivity index (χ0) is 45.5. The number of benzene rings is 6. The maximum atomic E-state index is 14.1. The van der Waals surface area contributed by atoms with Crippen LogP contribution in [0, 0.1) is 5.41 Å². The van der Waals surface area contributed by atoms with E-state index in [1.807, 2.05) is 121 Å². The van der Waals surface area contributed by atoms with Gasteiger partial charge in [-0.2, -0.15) is 0 Å². The number of imidazole rings is 1. The highest BCUT2D eigenvalue weighted by Crippen LogP contribution is 2.25. The molecule has 0 aliphatic heterocycles. The van der Waals surface area contributed by atoms with E-state index in [2.05, 4.69) is 16.0 Å². The number of esters is 2. The van der Waals surface area contributed by atoms with E-state index in [0.717, 1.165) is 22.3 Å². The zero-order valence-corrected chi connectivity index (χ0v) is 35.4. The fraction of sp³-hybridized carbons (Fsp3) is 0.157. The SMILES string of the molecule is Cn1c(-c2ccc(C(=N)NC(=O)OCc3ccccc3)cc2)nc2cc(C(=O)NC(CC(=O)OCc3ccccc3)C(=O)NC(Cc3ccccc3)C(=O)OCc3ccccc3)ccc21. The van der Waals surface area contributed by atoms with Gasteiger partial charge in [0.25, 0.3) is 5.91 Å². The largest absolute Gasteiger partial charge is 0.461 e. The lowest BCUT2D eigenvalue weighted by Gasteiger charge is -2.23. The van der Waals surface area contributed by atoms with Crippen LogP contribution in [-0.2, 0) is 61.9 Å². The third-order valence-corrected chi connectivity index (χ3v) is 10.4. The molecule has 4 N–H and O–H groups in total. The van der Waals surface area contributed by atoms with E-state index in [1.54, 1.807) is 54.6 Å². The molecule has 6 aromatic carbocycles. The smallest absolute Gasteiger partial charge is 0.413 e. The number of aromatic nitrogens is 2. The van der Waals surface area contributed by atoms with E-state index >= 15 is 0 Å². The molecule has 0 bridgehead atoms. The standard InChI is InChI=1S/C51H46N6O8/c1-57-44-27-26-40(29-41(44)53-47(57)39-24-22-38(23-25-39)46(52)56-51(62)65-33-37-20-12-5-13-21-37)48(59)54-42(30-45(58)63-31-35-16-8-3-9-17-35)49(60)55-43(28-34-14-6-2-7-15-34)50(61)64-32-36-18-10-4-11-19-36/h2-27,29,42-43H,28,30-33H2,1H3,(H,54,59)(H,55,60)(H2,52,56,62).